The minimum absolute atomic E-state index is 0.155. The molecule has 0 spiro atoms. The molecule has 0 aliphatic heterocycles. The number of benzene rings is 2. The molecule has 7 heteroatoms. The molecule has 3 rings (SSSR count). The molecule has 1 amide bonds. The highest BCUT2D eigenvalue weighted by molar-refractivity contribution is 6.31. The highest BCUT2D eigenvalue weighted by Crippen LogP contribution is 2.19. The highest BCUT2D eigenvalue weighted by atomic mass is 35.5. The van der Waals surface area contributed by atoms with E-state index in [1.165, 1.54) is 0 Å². The number of methoxy groups -OCH3 is 1. The van der Waals surface area contributed by atoms with Gasteiger partial charge in [0.2, 0.25) is 5.91 Å². The van der Waals surface area contributed by atoms with Gasteiger partial charge in [-0.3, -0.25) is 9.59 Å². The SMILES string of the molecule is COc1ccc(NC(=O)CCc2nc3cc(Cl)ccc3n(CC(C)C)c2=O)cc1. The Hall–Kier alpha value is -2.86. The molecule has 6 nitrogen and oxygen atoms in total. The number of carbonyl (C=O) groups excluding carboxylic acids is 1. The van der Waals surface area contributed by atoms with E-state index >= 15 is 0 Å². The first-order chi connectivity index (χ1) is 13.9. The summed E-state index contributed by atoms with van der Waals surface area (Å²) in [4.78, 5) is 29.8. The minimum Gasteiger partial charge on any atom is -0.497 e. The summed E-state index contributed by atoms with van der Waals surface area (Å²) in [6, 6.07) is 12.4. The van der Waals surface area contributed by atoms with E-state index in [1.807, 2.05) is 6.07 Å². The number of carbonyl (C=O) groups is 1. The van der Waals surface area contributed by atoms with Gasteiger partial charge in [0.15, 0.2) is 0 Å². The number of ether oxygens (including phenoxy) is 1. The number of amides is 1. The van der Waals surface area contributed by atoms with Crippen molar-refractivity contribution in [3.05, 3.63) is 63.5 Å². The third-order valence-corrected chi connectivity index (χ3v) is 4.72. The third kappa shape index (κ3) is 5.15. The summed E-state index contributed by atoms with van der Waals surface area (Å²) < 4.78 is 6.83. The zero-order valence-electron chi connectivity index (χ0n) is 16.7. The topological polar surface area (TPSA) is 73.2 Å². The average molecular weight is 414 g/mol. The summed E-state index contributed by atoms with van der Waals surface area (Å²) in [5, 5.41) is 3.38. The fourth-order valence-corrected chi connectivity index (χ4v) is 3.28. The van der Waals surface area contributed by atoms with E-state index in [-0.39, 0.29) is 24.3 Å². The van der Waals surface area contributed by atoms with Crippen molar-refractivity contribution in [1.82, 2.24) is 9.55 Å². The lowest BCUT2D eigenvalue weighted by atomic mass is 10.1. The lowest BCUT2D eigenvalue weighted by molar-refractivity contribution is -0.116. The molecule has 2 aromatic carbocycles. The maximum Gasteiger partial charge on any atom is 0.272 e. The Balaban J connectivity index is 1.80. The number of hydrogen-bond acceptors (Lipinski definition) is 4. The van der Waals surface area contributed by atoms with Gasteiger partial charge in [0.25, 0.3) is 5.56 Å². The van der Waals surface area contributed by atoms with Crippen molar-refractivity contribution in [3.63, 3.8) is 0 Å². The maximum atomic E-state index is 13.0. The number of rotatable bonds is 7. The first-order valence-corrected chi connectivity index (χ1v) is 9.88. The number of anilines is 1. The third-order valence-electron chi connectivity index (χ3n) is 4.49. The Kier molecular flexibility index (Phi) is 6.54. The van der Waals surface area contributed by atoms with Gasteiger partial charge in [0, 0.05) is 30.1 Å². The molecule has 0 bridgehead atoms. The normalized spacial score (nSPS) is 11.1. The molecule has 29 heavy (non-hydrogen) atoms. The number of halogens is 1. The largest absolute Gasteiger partial charge is 0.497 e. The minimum atomic E-state index is -0.182. The van der Waals surface area contributed by atoms with Crippen LogP contribution in [0.5, 0.6) is 5.75 Å². The monoisotopic (exact) mass is 413 g/mol. The van der Waals surface area contributed by atoms with Crippen molar-refractivity contribution in [2.45, 2.75) is 33.2 Å². The van der Waals surface area contributed by atoms with Gasteiger partial charge in [0.05, 0.1) is 18.1 Å². The van der Waals surface area contributed by atoms with Crippen LogP contribution in [-0.4, -0.2) is 22.6 Å². The van der Waals surface area contributed by atoms with E-state index in [1.54, 1.807) is 48.1 Å². The van der Waals surface area contributed by atoms with Crippen molar-refractivity contribution in [2.75, 3.05) is 12.4 Å². The van der Waals surface area contributed by atoms with Crippen molar-refractivity contribution in [2.24, 2.45) is 5.92 Å². The Labute approximate surface area is 174 Å². The molecular weight excluding hydrogens is 390 g/mol. The quantitative estimate of drug-likeness (QED) is 0.627. The molecular formula is C22H24ClN3O3. The highest BCUT2D eigenvalue weighted by Gasteiger charge is 2.14. The van der Waals surface area contributed by atoms with Crippen LogP contribution < -0.4 is 15.6 Å². The maximum absolute atomic E-state index is 13.0. The summed E-state index contributed by atoms with van der Waals surface area (Å²) in [6.45, 7) is 4.68. The lowest BCUT2D eigenvalue weighted by Crippen LogP contribution is -2.28. The van der Waals surface area contributed by atoms with E-state index < -0.39 is 0 Å². The Morgan fingerprint density at radius 1 is 1.21 bits per heavy atom. The Morgan fingerprint density at radius 3 is 2.59 bits per heavy atom. The van der Waals surface area contributed by atoms with E-state index in [2.05, 4.69) is 24.1 Å². The van der Waals surface area contributed by atoms with Gasteiger partial charge < -0.3 is 14.6 Å². The van der Waals surface area contributed by atoms with Crippen LogP contribution in [0.4, 0.5) is 5.69 Å². The number of nitrogens with zero attached hydrogens (tertiary/aromatic N) is 2. The average Bonchev–Trinajstić information content (AvgIpc) is 2.69. The number of aromatic nitrogens is 2. The standard InChI is InChI=1S/C22H24ClN3O3/c1-14(2)13-26-20-10-4-15(23)12-19(20)25-18(22(26)28)9-11-21(27)24-16-5-7-17(29-3)8-6-16/h4-8,10,12,14H,9,11,13H2,1-3H3,(H,24,27). The van der Waals surface area contributed by atoms with Crippen LogP contribution in [0.1, 0.15) is 26.0 Å². The van der Waals surface area contributed by atoms with E-state index in [9.17, 15) is 9.59 Å². The van der Waals surface area contributed by atoms with E-state index in [4.69, 9.17) is 16.3 Å². The van der Waals surface area contributed by atoms with Crippen molar-refractivity contribution >= 4 is 34.2 Å². The molecule has 0 atom stereocenters. The van der Waals surface area contributed by atoms with E-state index in [0.29, 0.717) is 40.1 Å². The molecule has 152 valence electrons. The number of hydrogen-bond donors (Lipinski definition) is 1. The predicted octanol–water partition coefficient (Wildman–Crippen LogP) is 4.29. The molecule has 0 fully saturated rings. The van der Waals surface area contributed by atoms with Crippen LogP contribution in [0.3, 0.4) is 0 Å². The second kappa shape index (κ2) is 9.09. The van der Waals surface area contributed by atoms with E-state index in [0.717, 1.165) is 5.52 Å². The molecule has 1 aromatic heterocycles. The summed E-state index contributed by atoms with van der Waals surface area (Å²) in [5.41, 5.74) is 2.28. The van der Waals surface area contributed by atoms with Crippen LogP contribution in [0.25, 0.3) is 11.0 Å². The molecule has 0 aliphatic rings. The summed E-state index contributed by atoms with van der Waals surface area (Å²) in [6.07, 6.45) is 0.406. The predicted molar refractivity (Wildman–Crippen MR) is 116 cm³/mol. The van der Waals surface area contributed by atoms with Crippen LogP contribution in [0.15, 0.2) is 47.3 Å². The zero-order valence-corrected chi connectivity index (χ0v) is 17.5. The van der Waals surface area contributed by atoms with Gasteiger partial charge in [-0.2, -0.15) is 0 Å². The van der Waals surface area contributed by atoms with Crippen molar-refractivity contribution in [3.8, 4) is 5.75 Å². The number of aryl methyl sites for hydroxylation is 1. The summed E-state index contributed by atoms with van der Waals surface area (Å²) in [5.74, 6) is 0.825. The molecule has 1 heterocycles. The van der Waals surface area contributed by atoms with Crippen LogP contribution in [0.2, 0.25) is 5.02 Å². The lowest BCUT2D eigenvalue weighted by Gasteiger charge is -2.14. The molecule has 3 aromatic rings. The molecule has 0 saturated heterocycles. The first kappa shape index (κ1) is 20.9. The Morgan fingerprint density at radius 2 is 1.93 bits per heavy atom. The van der Waals surface area contributed by atoms with Crippen LogP contribution >= 0.6 is 11.6 Å². The smallest absolute Gasteiger partial charge is 0.272 e. The number of fused-ring (bicyclic) bond motifs is 1. The number of nitrogens with one attached hydrogen (secondary N) is 1. The molecule has 0 radical (unpaired) electrons. The molecule has 0 saturated carbocycles. The van der Waals surface area contributed by atoms with Gasteiger partial charge in [-0.25, -0.2) is 4.98 Å². The van der Waals surface area contributed by atoms with Gasteiger partial charge in [-0.1, -0.05) is 25.4 Å². The van der Waals surface area contributed by atoms with Crippen LogP contribution in [0, 0.1) is 5.92 Å². The first-order valence-electron chi connectivity index (χ1n) is 9.50. The second-order valence-corrected chi connectivity index (χ2v) is 7.71. The Bertz CT molecular complexity index is 1080. The van der Waals surface area contributed by atoms with Crippen LogP contribution in [-0.2, 0) is 17.8 Å². The zero-order chi connectivity index (χ0) is 21.0. The molecule has 1 N–H and O–H groups in total. The van der Waals surface area contributed by atoms with Gasteiger partial charge in [-0.15, -0.1) is 0 Å². The summed E-state index contributed by atoms with van der Waals surface area (Å²) in [7, 11) is 1.59. The second-order valence-electron chi connectivity index (χ2n) is 7.28. The van der Waals surface area contributed by atoms with Gasteiger partial charge in [0.1, 0.15) is 11.4 Å². The fourth-order valence-electron chi connectivity index (χ4n) is 3.11. The van der Waals surface area contributed by atoms with Gasteiger partial charge >= 0.3 is 0 Å². The molecule has 0 aliphatic carbocycles. The van der Waals surface area contributed by atoms with Gasteiger partial charge in [-0.05, 0) is 48.4 Å². The molecule has 0 unspecified atom stereocenters. The van der Waals surface area contributed by atoms with Crippen molar-refractivity contribution in [1.29, 1.82) is 0 Å². The fraction of sp³-hybridized carbons (Fsp3) is 0.318. The van der Waals surface area contributed by atoms with Crippen molar-refractivity contribution < 1.29 is 9.53 Å². The summed E-state index contributed by atoms with van der Waals surface area (Å²) >= 11 is 6.11.